The monoisotopic (exact) mass is 410 g/mol. The third-order valence-corrected chi connectivity index (χ3v) is 8.16. The molecule has 1 aromatic carbocycles. The summed E-state index contributed by atoms with van der Waals surface area (Å²) < 4.78 is 29.6. The number of halogens is 2. The molecule has 0 spiro atoms. The van der Waals surface area contributed by atoms with Crippen LogP contribution in [-0.2, 0) is 16.3 Å². The molecular formula is C13H16Br2O3S. The molecule has 0 N–H and O–H groups in total. The second-order valence-electron chi connectivity index (χ2n) is 5.32. The maximum Gasteiger partial charge on any atom is 0.154 e. The van der Waals surface area contributed by atoms with E-state index in [-0.39, 0.29) is 4.83 Å². The Kier molecular flexibility index (Phi) is 4.06. The fraction of sp³-hybridized carbons (Fsp3) is 0.538. The maximum atomic E-state index is 12.0. The van der Waals surface area contributed by atoms with Gasteiger partial charge in [0, 0.05) is 22.7 Å². The van der Waals surface area contributed by atoms with Crippen LogP contribution in [0.5, 0.6) is 5.75 Å². The van der Waals surface area contributed by atoms with Gasteiger partial charge in [-0.05, 0) is 31.5 Å². The van der Waals surface area contributed by atoms with E-state index in [0.29, 0.717) is 6.61 Å². The number of alkyl halides is 1. The van der Waals surface area contributed by atoms with Crippen molar-refractivity contribution in [2.75, 3.05) is 12.9 Å². The van der Waals surface area contributed by atoms with E-state index in [2.05, 4.69) is 31.9 Å². The average molecular weight is 412 g/mol. The van der Waals surface area contributed by atoms with Gasteiger partial charge >= 0.3 is 0 Å². The molecule has 2 rings (SSSR count). The quantitative estimate of drug-likeness (QED) is 0.713. The van der Waals surface area contributed by atoms with Crippen LogP contribution in [0.1, 0.15) is 29.8 Å². The molecule has 1 aromatic rings. The van der Waals surface area contributed by atoms with Crippen molar-refractivity contribution in [2.45, 2.75) is 29.8 Å². The van der Waals surface area contributed by atoms with Gasteiger partial charge in [0.25, 0.3) is 0 Å². The molecule has 0 aromatic heterocycles. The van der Waals surface area contributed by atoms with Crippen LogP contribution in [-0.4, -0.2) is 26.0 Å². The van der Waals surface area contributed by atoms with Gasteiger partial charge in [-0.3, -0.25) is 0 Å². The van der Waals surface area contributed by atoms with Crippen molar-refractivity contribution in [3.8, 4) is 5.75 Å². The lowest BCUT2D eigenvalue weighted by Crippen LogP contribution is -2.35. The van der Waals surface area contributed by atoms with Gasteiger partial charge < -0.3 is 4.74 Å². The van der Waals surface area contributed by atoms with Crippen LogP contribution in [0.4, 0.5) is 0 Å². The summed E-state index contributed by atoms with van der Waals surface area (Å²) in [7, 11) is -3.20. The first-order valence-corrected chi connectivity index (χ1v) is 9.53. The molecule has 0 saturated heterocycles. The van der Waals surface area contributed by atoms with Crippen molar-refractivity contribution in [2.24, 2.45) is 0 Å². The number of sulfone groups is 1. The number of benzene rings is 1. The minimum atomic E-state index is -3.20. The molecule has 0 amide bonds. The van der Waals surface area contributed by atoms with Gasteiger partial charge in [-0.1, -0.05) is 31.9 Å². The Morgan fingerprint density at radius 3 is 2.58 bits per heavy atom. The lowest BCUT2D eigenvalue weighted by Gasteiger charge is -2.29. The molecule has 6 heteroatoms. The highest BCUT2D eigenvalue weighted by atomic mass is 79.9. The van der Waals surface area contributed by atoms with Gasteiger partial charge in [-0.25, -0.2) is 8.42 Å². The number of hydrogen-bond acceptors (Lipinski definition) is 3. The van der Waals surface area contributed by atoms with Crippen molar-refractivity contribution in [3.63, 3.8) is 0 Å². The first-order chi connectivity index (χ1) is 8.64. The second kappa shape index (κ2) is 5.04. The van der Waals surface area contributed by atoms with Crippen LogP contribution in [0.25, 0.3) is 0 Å². The van der Waals surface area contributed by atoms with E-state index in [1.54, 1.807) is 13.8 Å². The van der Waals surface area contributed by atoms with E-state index in [1.807, 2.05) is 12.1 Å². The van der Waals surface area contributed by atoms with Crippen molar-refractivity contribution in [1.82, 2.24) is 0 Å². The molecule has 0 fully saturated rings. The highest BCUT2D eigenvalue weighted by molar-refractivity contribution is 9.10. The summed E-state index contributed by atoms with van der Waals surface area (Å²) in [6.45, 7) is 4.10. The summed E-state index contributed by atoms with van der Waals surface area (Å²) >= 11 is 7.03. The minimum Gasteiger partial charge on any atom is -0.493 e. The maximum absolute atomic E-state index is 12.0. The fourth-order valence-electron chi connectivity index (χ4n) is 2.05. The Bertz CT molecular complexity index is 609. The predicted octanol–water partition coefficient (Wildman–Crippen LogP) is 3.64. The summed E-state index contributed by atoms with van der Waals surface area (Å²) in [5.41, 5.74) is 2.01. The lowest BCUT2D eigenvalue weighted by atomic mass is 9.98. The third kappa shape index (κ3) is 2.72. The molecule has 0 radical (unpaired) electrons. The molecule has 0 saturated carbocycles. The van der Waals surface area contributed by atoms with Gasteiger partial charge in [-0.2, -0.15) is 0 Å². The van der Waals surface area contributed by atoms with Crippen LogP contribution in [0.15, 0.2) is 16.6 Å². The molecule has 0 aliphatic carbocycles. The van der Waals surface area contributed by atoms with Crippen LogP contribution < -0.4 is 4.74 Å². The topological polar surface area (TPSA) is 43.4 Å². The average Bonchev–Trinajstić information content (AvgIpc) is 2.72. The molecule has 19 heavy (non-hydrogen) atoms. The van der Waals surface area contributed by atoms with Crippen LogP contribution in [0.2, 0.25) is 0 Å². The Morgan fingerprint density at radius 1 is 1.37 bits per heavy atom. The highest BCUT2D eigenvalue weighted by Crippen LogP contribution is 2.46. The van der Waals surface area contributed by atoms with Crippen molar-refractivity contribution in [1.29, 1.82) is 0 Å². The SMILES string of the molecule is CC(C)(C(Br)c1cc(Br)cc2c1OCC2)S(C)(=O)=O. The van der Waals surface area contributed by atoms with Crippen LogP contribution >= 0.6 is 31.9 Å². The van der Waals surface area contributed by atoms with Gasteiger partial charge in [0.15, 0.2) is 9.84 Å². The Morgan fingerprint density at radius 2 is 2.00 bits per heavy atom. The molecule has 106 valence electrons. The summed E-state index contributed by atoms with van der Waals surface area (Å²) in [5.74, 6) is 0.821. The van der Waals surface area contributed by atoms with Crippen molar-refractivity contribution < 1.29 is 13.2 Å². The molecular weight excluding hydrogens is 396 g/mol. The molecule has 3 nitrogen and oxygen atoms in total. The largest absolute Gasteiger partial charge is 0.493 e. The Balaban J connectivity index is 2.54. The summed E-state index contributed by atoms with van der Waals surface area (Å²) in [4.78, 5) is -0.320. The summed E-state index contributed by atoms with van der Waals surface area (Å²) in [5, 5.41) is 0. The zero-order chi connectivity index (χ0) is 14.4. The number of fused-ring (bicyclic) bond motifs is 1. The van der Waals surface area contributed by atoms with Gasteiger partial charge in [-0.15, -0.1) is 0 Å². The molecule has 0 bridgehead atoms. The van der Waals surface area contributed by atoms with Crippen LogP contribution in [0, 0.1) is 0 Å². The standard InChI is InChI=1S/C13H16Br2O3S/c1-13(2,19(3,16)17)12(15)10-7-9(14)6-8-4-5-18-11(8)10/h6-7,12H,4-5H2,1-3H3. The minimum absolute atomic E-state index is 0.320. The number of rotatable bonds is 3. The molecule has 1 unspecified atom stereocenters. The van der Waals surface area contributed by atoms with E-state index < -0.39 is 14.6 Å². The van der Waals surface area contributed by atoms with E-state index in [9.17, 15) is 8.42 Å². The smallest absolute Gasteiger partial charge is 0.154 e. The molecule has 1 heterocycles. The van der Waals surface area contributed by atoms with Gasteiger partial charge in [0.2, 0.25) is 0 Å². The van der Waals surface area contributed by atoms with Crippen molar-refractivity contribution in [3.05, 3.63) is 27.7 Å². The second-order valence-corrected chi connectivity index (χ2v) is 9.75. The Hall–Kier alpha value is -0.0700. The van der Waals surface area contributed by atoms with Gasteiger partial charge in [0.05, 0.1) is 16.2 Å². The summed E-state index contributed by atoms with van der Waals surface area (Å²) in [6, 6.07) is 3.95. The first-order valence-electron chi connectivity index (χ1n) is 5.93. The van der Waals surface area contributed by atoms with E-state index in [4.69, 9.17) is 4.74 Å². The van der Waals surface area contributed by atoms with E-state index in [1.165, 1.54) is 6.26 Å². The summed E-state index contributed by atoms with van der Waals surface area (Å²) in [6.07, 6.45) is 2.13. The lowest BCUT2D eigenvalue weighted by molar-refractivity contribution is 0.352. The molecule has 1 atom stereocenters. The van der Waals surface area contributed by atoms with Gasteiger partial charge in [0.1, 0.15) is 5.75 Å². The third-order valence-electron chi connectivity index (χ3n) is 3.62. The molecule has 1 aliphatic heterocycles. The van der Waals surface area contributed by atoms with E-state index in [0.717, 1.165) is 27.8 Å². The number of ether oxygens (including phenoxy) is 1. The zero-order valence-electron chi connectivity index (χ0n) is 11.0. The van der Waals surface area contributed by atoms with E-state index >= 15 is 0 Å². The fourth-order valence-corrected chi connectivity index (χ4v) is 4.43. The normalized spacial score (nSPS) is 16.9. The highest BCUT2D eigenvalue weighted by Gasteiger charge is 2.40. The number of hydrogen-bond donors (Lipinski definition) is 0. The zero-order valence-corrected chi connectivity index (χ0v) is 15.0. The van der Waals surface area contributed by atoms with Crippen molar-refractivity contribution >= 4 is 41.7 Å². The first kappa shape index (κ1) is 15.3. The van der Waals surface area contributed by atoms with Crippen LogP contribution in [0.3, 0.4) is 0 Å². The molecule has 1 aliphatic rings. The Labute approximate surface area is 130 Å². The predicted molar refractivity (Wildman–Crippen MR) is 83.9 cm³/mol.